The van der Waals surface area contributed by atoms with Gasteiger partial charge in [0.15, 0.2) is 5.82 Å². The number of amides is 1. The molecule has 0 saturated carbocycles. The van der Waals surface area contributed by atoms with E-state index in [1.54, 1.807) is 24.3 Å². The van der Waals surface area contributed by atoms with E-state index in [1.165, 1.54) is 25.1 Å². The van der Waals surface area contributed by atoms with Gasteiger partial charge in [-0.1, -0.05) is 18.2 Å². The molecule has 0 aliphatic carbocycles. The third-order valence-electron chi connectivity index (χ3n) is 2.87. The number of hydrogen-bond donors (Lipinski definition) is 2. The zero-order valence-electron chi connectivity index (χ0n) is 11.4. The number of aryl methyl sites for hydroxylation is 1. The second kappa shape index (κ2) is 6.17. The highest BCUT2D eigenvalue weighted by molar-refractivity contribution is 6.02. The van der Waals surface area contributed by atoms with Gasteiger partial charge in [-0.15, -0.1) is 0 Å². The maximum atomic E-state index is 13.7. The molecule has 0 radical (unpaired) electrons. The number of nitrogens with two attached hydrogens (primary N) is 1. The van der Waals surface area contributed by atoms with Gasteiger partial charge in [0.1, 0.15) is 11.5 Å². The Labute approximate surface area is 121 Å². The molecular weight excluding hydrogens is 274 g/mol. The summed E-state index contributed by atoms with van der Waals surface area (Å²) in [6.45, 7) is 1.49. The fraction of sp³-hybridized carbons (Fsp3) is 0.0625. The Hall–Kier alpha value is -2.69. The van der Waals surface area contributed by atoms with E-state index in [0.29, 0.717) is 5.69 Å². The summed E-state index contributed by atoms with van der Waals surface area (Å²) >= 11 is 0. The molecule has 0 aliphatic rings. The van der Waals surface area contributed by atoms with Crippen molar-refractivity contribution in [1.29, 1.82) is 0 Å². The van der Waals surface area contributed by atoms with Gasteiger partial charge in [0.25, 0.3) is 0 Å². The second-order valence-corrected chi connectivity index (χ2v) is 4.55. The zero-order valence-corrected chi connectivity index (χ0v) is 11.4. The maximum absolute atomic E-state index is 13.7. The summed E-state index contributed by atoms with van der Waals surface area (Å²) < 4.78 is 27.3. The van der Waals surface area contributed by atoms with Gasteiger partial charge in [-0.2, -0.15) is 0 Å². The van der Waals surface area contributed by atoms with Crippen molar-refractivity contribution in [2.75, 3.05) is 11.1 Å². The molecule has 0 unspecified atom stereocenters. The van der Waals surface area contributed by atoms with Crippen LogP contribution in [0.3, 0.4) is 0 Å². The van der Waals surface area contributed by atoms with Crippen molar-refractivity contribution in [3.05, 3.63) is 65.2 Å². The summed E-state index contributed by atoms with van der Waals surface area (Å²) in [6.07, 6.45) is 2.70. The van der Waals surface area contributed by atoms with Crippen LogP contribution in [0.4, 0.5) is 20.2 Å². The predicted octanol–water partition coefficient (Wildman–Crippen LogP) is 3.51. The van der Waals surface area contributed by atoms with E-state index in [1.807, 2.05) is 0 Å². The number of benzene rings is 2. The molecule has 2 rings (SSSR count). The lowest BCUT2D eigenvalue weighted by atomic mass is 10.2. The summed E-state index contributed by atoms with van der Waals surface area (Å²) in [7, 11) is 0. The van der Waals surface area contributed by atoms with Crippen LogP contribution in [0.15, 0.2) is 42.5 Å². The minimum absolute atomic E-state index is 0.256. The molecule has 108 valence electrons. The van der Waals surface area contributed by atoms with Crippen LogP contribution in [-0.4, -0.2) is 5.91 Å². The van der Waals surface area contributed by atoms with Gasteiger partial charge in [0, 0.05) is 11.8 Å². The summed E-state index contributed by atoms with van der Waals surface area (Å²) in [5, 5.41) is 2.20. The number of hydrogen-bond acceptors (Lipinski definition) is 2. The fourth-order valence-corrected chi connectivity index (χ4v) is 1.77. The summed E-state index contributed by atoms with van der Waals surface area (Å²) in [5.41, 5.74) is 6.70. The molecule has 21 heavy (non-hydrogen) atoms. The number of rotatable bonds is 3. The Morgan fingerprint density at radius 2 is 2.00 bits per heavy atom. The first-order valence-corrected chi connectivity index (χ1v) is 6.26. The Morgan fingerprint density at radius 3 is 2.71 bits per heavy atom. The number of nitrogens with one attached hydrogen (secondary N) is 1. The van der Waals surface area contributed by atoms with E-state index in [9.17, 15) is 13.6 Å². The molecule has 0 fully saturated rings. The number of carbonyl (C=O) groups excluding carboxylic acids is 1. The van der Waals surface area contributed by atoms with Crippen molar-refractivity contribution in [2.45, 2.75) is 6.92 Å². The van der Waals surface area contributed by atoms with Crippen LogP contribution in [0, 0.1) is 18.6 Å². The molecule has 0 aromatic heterocycles. The highest BCUT2D eigenvalue weighted by Crippen LogP contribution is 2.21. The summed E-state index contributed by atoms with van der Waals surface area (Å²) in [4.78, 5) is 11.7. The molecule has 0 spiro atoms. The van der Waals surface area contributed by atoms with E-state index in [2.05, 4.69) is 5.32 Å². The molecule has 0 heterocycles. The van der Waals surface area contributed by atoms with Gasteiger partial charge >= 0.3 is 0 Å². The summed E-state index contributed by atoms with van der Waals surface area (Å²) in [6, 6.07) is 9.31. The molecule has 0 bridgehead atoms. The largest absolute Gasteiger partial charge is 0.399 e. The monoisotopic (exact) mass is 288 g/mol. The van der Waals surface area contributed by atoms with Crippen LogP contribution >= 0.6 is 0 Å². The third kappa shape index (κ3) is 3.66. The maximum Gasteiger partial charge on any atom is 0.248 e. The standard InChI is InChI=1S/C16H14F2N2O/c1-10-5-7-13(17)16(15(10)18)20-14(21)8-6-11-3-2-4-12(19)9-11/h2-9H,19H2,1H3,(H,20,21)/b8-6+. The average molecular weight is 288 g/mol. The number of carbonyl (C=O) groups is 1. The second-order valence-electron chi connectivity index (χ2n) is 4.55. The first kappa shape index (κ1) is 14.7. The Morgan fingerprint density at radius 1 is 1.24 bits per heavy atom. The molecular formula is C16H14F2N2O. The van der Waals surface area contributed by atoms with E-state index in [4.69, 9.17) is 5.73 Å². The number of nitrogen functional groups attached to an aromatic ring is 1. The van der Waals surface area contributed by atoms with E-state index >= 15 is 0 Å². The zero-order chi connectivity index (χ0) is 15.4. The quantitative estimate of drug-likeness (QED) is 0.671. The van der Waals surface area contributed by atoms with Crippen LogP contribution in [-0.2, 0) is 4.79 Å². The molecule has 3 nitrogen and oxygen atoms in total. The molecule has 2 aromatic rings. The smallest absolute Gasteiger partial charge is 0.248 e. The summed E-state index contributed by atoms with van der Waals surface area (Å²) in [5.74, 6) is -2.22. The van der Waals surface area contributed by atoms with Gasteiger partial charge in [-0.05, 0) is 42.3 Å². The van der Waals surface area contributed by atoms with Crippen molar-refractivity contribution >= 4 is 23.4 Å². The predicted molar refractivity (Wildman–Crippen MR) is 79.6 cm³/mol. The third-order valence-corrected chi connectivity index (χ3v) is 2.87. The molecule has 0 aliphatic heterocycles. The van der Waals surface area contributed by atoms with Gasteiger partial charge in [0.2, 0.25) is 5.91 Å². The first-order valence-electron chi connectivity index (χ1n) is 6.26. The van der Waals surface area contributed by atoms with Crippen LogP contribution in [0.5, 0.6) is 0 Å². The van der Waals surface area contributed by atoms with E-state index < -0.39 is 23.2 Å². The van der Waals surface area contributed by atoms with Crippen LogP contribution in [0.1, 0.15) is 11.1 Å². The van der Waals surface area contributed by atoms with Gasteiger partial charge in [-0.25, -0.2) is 8.78 Å². The van der Waals surface area contributed by atoms with Crippen LogP contribution < -0.4 is 11.1 Å². The number of anilines is 2. The molecule has 2 aromatic carbocycles. The van der Waals surface area contributed by atoms with Gasteiger partial charge in [0.05, 0.1) is 0 Å². The Bertz CT molecular complexity index is 711. The van der Waals surface area contributed by atoms with E-state index in [0.717, 1.165) is 11.6 Å². The van der Waals surface area contributed by atoms with E-state index in [-0.39, 0.29) is 5.56 Å². The molecule has 5 heteroatoms. The molecule has 3 N–H and O–H groups in total. The van der Waals surface area contributed by atoms with Crippen molar-refractivity contribution in [1.82, 2.24) is 0 Å². The van der Waals surface area contributed by atoms with Crippen LogP contribution in [0.2, 0.25) is 0 Å². The highest BCUT2D eigenvalue weighted by Gasteiger charge is 2.12. The molecule has 0 saturated heterocycles. The lowest BCUT2D eigenvalue weighted by molar-refractivity contribution is -0.111. The minimum Gasteiger partial charge on any atom is -0.399 e. The van der Waals surface area contributed by atoms with Crippen molar-refractivity contribution in [2.24, 2.45) is 0 Å². The van der Waals surface area contributed by atoms with Crippen molar-refractivity contribution in [3.8, 4) is 0 Å². The first-order chi connectivity index (χ1) is 9.97. The Balaban J connectivity index is 2.14. The van der Waals surface area contributed by atoms with Gasteiger partial charge < -0.3 is 11.1 Å². The molecule has 1 amide bonds. The highest BCUT2D eigenvalue weighted by atomic mass is 19.1. The number of halogens is 2. The van der Waals surface area contributed by atoms with Crippen LogP contribution in [0.25, 0.3) is 6.08 Å². The fourth-order valence-electron chi connectivity index (χ4n) is 1.77. The van der Waals surface area contributed by atoms with Gasteiger partial charge in [-0.3, -0.25) is 4.79 Å². The molecule has 0 atom stereocenters. The SMILES string of the molecule is Cc1ccc(F)c(NC(=O)/C=C/c2cccc(N)c2)c1F. The topological polar surface area (TPSA) is 55.1 Å². The normalized spacial score (nSPS) is 10.8. The van der Waals surface area contributed by atoms with Crippen molar-refractivity contribution < 1.29 is 13.6 Å². The lowest BCUT2D eigenvalue weighted by Gasteiger charge is -2.07. The minimum atomic E-state index is -0.816. The average Bonchev–Trinajstić information content (AvgIpc) is 2.46. The Kier molecular flexibility index (Phi) is 4.33. The lowest BCUT2D eigenvalue weighted by Crippen LogP contribution is -2.11. The van der Waals surface area contributed by atoms with Crippen molar-refractivity contribution in [3.63, 3.8) is 0 Å².